The van der Waals surface area contributed by atoms with Gasteiger partial charge in [-0.3, -0.25) is 4.79 Å². The largest absolute Gasteiger partial charge is 0.465 e. The molecule has 0 bridgehead atoms. The van der Waals surface area contributed by atoms with Crippen molar-refractivity contribution in [2.75, 3.05) is 6.61 Å². The van der Waals surface area contributed by atoms with Crippen molar-refractivity contribution in [1.29, 1.82) is 0 Å². The van der Waals surface area contributed by atoms with E-state index in [0.29, 0.717) is 0 Å². The molecule has 0 saturated heterocycles. The first kappa shape index (κ1) is 13.2. The lowest BCUT2D eigenvalue weighted by molar-refractivity contribution is -0.155. The summed E-state index contributed by atoms with van der Waals surface area (Å²) in [6.45, 7) is 2.96. The van der Waals surface area contributed by atoms with Crippen LogP contribution in [-0.4, -0.2) is 24.8 Å². The predicted molar refractivity (Wildman–Crippen MR) is 44.4 cm³/mol. The Balaban J connectivity index is 4.11. The van der Waals surface area contributed by atoms with Gasteiger partial charge in [-0.15, -0.1) is 0 Å². The van der Waals surface area contributed by atoms with Crippen LogP contribution in [0.5, 0.6) is 0 Å². The minimum atomic E-state index is -4.30. The molecule has 0 fully saturated rings. The van der Waals surface area contributed by atoms with Crippen LogP contribution < -0.4 is 5.73 Å². The Hall–Kier alpha value is -0.780. The lowest BCUT2D eigenvalue weighted by Crippen LogP contribution is -2.40. The van der Waals surface area contributed by atoms with E-state index < -0.39 is 30.5 Å². The zero-order valence-electron chi connectivity index (χ0n) is 8.10. The monoisotopic (exact) mass is 213 g/mol. The smallest absolute Gasteiger partial charge is 0.389 e. The van der Waals surface area contributed by atoms with Gasteiger partial charge in [-0.2, -0.15) is 13.2 Å². The second kappa shape index (κ2) is 5.19. The van der Waals surface area contributed by atoms with Gasteiger partial charge in [-0.25, -0.2) is 0 Å². The Kier molecular flexibility index (Phi) is 4.90. The molecule has 0 spiro atoms. The highest BCUT2D eigenvalue weighted by atomic mass is 19.4. The maximum atomic E-state index is 11.9. The van der Waals surface area contributed by atoms with E-state index in [4.69, 9.17) is 5.73 Å². The fraction of sp³-hybridized carbons (Fsp3) is 0.875. The number of nitrogens with two attached hydrogens (primary N) is 1. The van der Waals surface area contributed by atoms with Crippen LogP contribution in [0.4, 0.5) is 13.2 Å². The molecule has 14 heavy (non-hydrogen) atoms. The van der Waals surface area contributed by atoms with Crippen LogP contribution >= 0.6 is 0 Å². The molecule has 0 rings (SSSR count). The molecule has 0 aliphatic rings. The third-order valence-electron chi connectivity index (χ3n) is 1.73. The molecule has 2 atom stereocenters. The van der Waals surface area contributed by atoms with E-state index in [0.717, 1.165) is 0 Å². The van der Waals surface area contributed by atoms with Crippen LogP contribution in [-0.2, 0) is 9.53 Å². The summed E-state index contributed by atoms with van der Waals surface area (Å²) in [6, 6.07) is -1.21. The molecule has 0 aromatic heterocycles. The van der Waals surface area contributed by atoms with Crippen LogP contribution in [0.2, 0.25) is 0 Å². The lowest BCUT2D eigenvalue weighted by Gasteiger charge is -2.19. The van der Waals surface area contributed by atoms with Crippen molar-refractivity contribution >= 4 is 5.97 Å². The van der Waals surface area contributed by atoms with Crippen LogP contribution in [0, 0.1) is 5.92 Å². The predicted octanol–water partition coefficient (Wildman–Crippen LogP) is 1.47. The SMILES string of the molecule is CCOC(=O)C(N)C(C)CC(F)(F)F. The van der Waals surface area contributed by atoms with Gasteiger partial charge in [0.1, 0.15) is 6.04 Å². The number of ether oxygens (including phenoxy) is 1. The molecular weight excluding hydrogens is 199 g/mol. The molecule has 3 nitrogen and oxygen atoms in total. The van der Waals surface area contributed by atoms with Crippen molar-refractivity contribution in [3.8, 4) is 0 Å². The summed E-state index contributed by atoms with van der Waals surface area (Å²) in [6.07, 6.45) is -5.38. The molecular formula is C8H14F3NO2. The van der Waals surface area contributed by atoms with Crippen LogP contribution in [0.25, 0.3) is 0 Å². The Morgan fingerprint density at radius 2 is 2.00 bits per heavy atom. The van der Waals surface area contributed by atoms with Gasteiger partial charge in [-0.1, -0.05) is 6.92 Å². The fourth-order valence-corrected chi connectivity index (χ4v) is 0.963. The number of rotatable bonds is 4. The van der Waals surface area contributed by atoms with Gasteiger partial charge in [0.25, 0.3) is 0 Å². The van der Waals surface area contributed by atoms with E-state index in [1.807, 2.05) is 0 Å². The van der Waals surface area contributed by atoms with E-state index >= 15 is 0 Å². The number of hydrogen-bond donors (Lipinski definition) is 1. The van der Waals surface area contributed by atoms with Crippen LogP contribution in [0.3, 0.4) is 0 Å². The van der Waals surface area contributed by atoms with Crippen molar-refractivity contribution in [2.45, 2.75) is 32.5 Å². The molecule has 2 N–H and O–H groups in total. The molecule has 0 saturated carbocycles. The summed E-state index contributed by atoms with van der Waals surface area (Å²) < 4.78 is 40.2. The molecule has 0 heterocycles. The summed E-state index contributed by atoms with van der Waals surface area (Å²) in [7, 11) is 0. The highest BCUT2D eigenvalue weighted by Crippen LogP contribution is 2.26. The number of esters is 1. The first-order valence-corrected chi connectivity index (χ1v) is 4.27. The van der Waals surface area contributed by atoms with Gasteiger partial charge in [0, 0.05) is 6.42 Å². The molecule has 0 aromatic rings. The minimum absolute atomic E-state index is 0.116. The van der Waals surface area contributed by atoms with E-state index in [1.54, 1.807) is 6.92 Å². The van der Waals surface area contributed by atoms with Crippen molar-refractivity contribution < 1.29 is 22.7 Å². The Labute approximate surface area is 80.4 Å². The van der Waals surface area contributed by atoms with E-state index in [-0.39, 0.29) is 6.61 Å². The maximum absolute atomic E-state index is 11.9. The zero-order valence-corrected chi connectivity index (χ0v) is 8.10. The number of carbonyl (C=O) groups is 1. The number of carbonyl (C=O) groups excluding carboxylic acids is 1. The van der Waals surface area contributed by atoms with Gasteiger partial charge in [0.2, 0.25) is 0 Å². The summed E-state index contributed by atoms with van der Waals surface area (Å²) in [5, 5.41) is 0. The summed E-state index contributed by atoms with van der Waals surface area (Å²) in [5.74, 6) is -1.75. The van der Waals surface area contributed by atoms with Crippen molar-refractivity contribution in [3.05, 3.63) is 0 Å². The third-order valence-corrected chi connectivity index (χ3v) is 1.73. The fourth-order valence-electron chi connectivity index (χ4n) is 0.963. The molecule has 0 aliphatic heterocycles. The van der Waals surface area contributed by atoms with Crippen LogP contribution in [0.15, 0.2) is 0 Å². The Morgan fingerprint density at radius 1 is 1.50 bits per heavy atom. The topological polar surface area (TPSA) is 52.3 Å². The highest BCUT2D eigenvalue weighted by Gasteiger charge is 2.34. The maximum Gasteiger partial charge on any atom is 0.389 e. The van der Waals surface area contributed by atoms with Crippen molar-refractivity contribution in [3.63, 3.8) is 0 Å². The number of alkyl halides is 3. The Morgan fingerprint density at radius 3 is 2.36 bits per heavy atom. The van der Waals surface area contributed by atoms with Gasteiger partial charge >= 0.3 is 12.1 Å². The normalized spacial score (nSPS) is 16.1. The van der Waals surface area contributed by atoms with Crippen molar-refractivity contribution in [2.24, 2.45) is 11.7 Å². The molecule has 0 aromatic carbocycles. The van der Waals surface area contributed by atoms with E-state index in [9.17, 15) is 18.0 Å². The first-order chi connectivity index (χ1) is 6.28. The van der Waals surface area contributed by atoms with E-state index in [1.165, 1.54) is 6.92 Å². The zero-order chi connectivity index (χ0) is 11.4. The summed E-state index contributed by atoms with van der Waals surface area (Å²) in [5.41, 5.74) is 5.28. The average Bonchev–Trinajstić information content (AvgIpc) is 2.00. The average molecular weight is 213 g/mol. The second-order valence-corrected chi connectivity index (χ2v) is 3.07. The molecule has 2 unspecified atom stereocenters. The lowest BCUT2D eigenvalue weighted by atomic mass is 9.99. The number of hydrogen-bond acceptors (Lipinski definition) is 3. The van der Waals surface area contributed by atoms with Gasteiger partial charge in [-0.05, 0) is 12.8 Å². The first-order valence-electron chi connectivity index (χ1n) is 4.27. The molecule has 84 valence electrons. The minimum Gasteiger partial charge on any atom is -0.465 e. The summed E-state index contributed by atoms with van der Waals surface area (Å²) >= 11 is 0. The standard InChI is InChI=1S/C8H14F3NO2/c1-3-14-7(13)6(12)5(2)4-8(9,10)11/h5-6H,3-4,12H2,1-2H3. The molecule has 6 heteroatoms. The van der Waals surface area contributed by atoms with Gasteiger partial charge in [0.05, 0.1) is 6.61 Å². The second-order valence-electron chi connectivity index (χ2n) is 3.07. The highest BCUT2D eigenvalue weighted by molar-refractivity contribution is 5.75. The Bertz CT molecular complexity index is 194. The molecule has 0 amide bonds. The molecule has 0 radical (unpaired) electrons. The number of halogens is 3. The van der Waals surface area contributed by atoms with E-state index in [2.05, 4.69) is 4.74 Å². The van der Waals surface area contributed by atoms with Gasteiger partial charge < -0.3 is 10.5 Å². The molecule has 0 aliphatic carbocycles. The summed E-state index contributed by atoms with van der Waals surface area (Å²) in [4.78, 5) is 11.0. The van der Waals surface area contributed by atoms with Crippen LogP contribution in [0.1, 0.15) is 20.3 Å². The van der Waals surface area contributed by atoms with Crippen molar-refractivity contribution in [1.82, 2.24) is 0 Å². The quantitative estimate of drug-likeness (QED) is 0.719. The third kappa shape index (κ3) is 5.06. The van der Waals surface area contributed by atoms with Gasteiger partial charge in [0.15, 0.2) is 0 Å².